The van der Waals surface area contributed by atoms with Crippen LogP contribution in [0.4, 0.5) is 0 Å². The molecule has 188 valence electrons. The van der Waals surface area contributed by atoms with Crippen molar-refractivity contribution in [3.05, 3.63) is 46.1 Å². The summed E-state index contributed by atoms with van der Waals surface area (Å²) in [7, 11) is 3.18. The van der Waals surface area contributed by atoms with Crippen LogP contribution in [0.25, 0.3) is 0 Å². The largest absolute Gasteiger partial charge is 0.497 e. The van der Waals surface area contributed by atoms with Gasteiger partial charge in [0.15, 0.2) is 5.17 Å². The van der Waals surface area contributed by atoms with Crippen LogP contribution in [-0.4, -0.2) is 73.5 Å². The summed E-state index contributed by atoms with van der Waals surface area (Å²) in [5.74, 6) is 0.776. The zero-order chi connectivity index (χ0) is 25.1. The Morgan fingerprint density at radius 1 is 1.20 bits per heavy atom. The fourth-order valence-corrected chi connectivity index (χ4v) is 5.30. The van der Waals surface area contributed by atoms with Gasteiger partial charge in [-0.3, -0.25) is 4.79 Å². The first-order valence-corrected chi connectivity index (χ1v) is 12.4. The number of amides is 1. The zero-order valence-electron chi connectivity index (χ0n) is 20.7. The molecule has 3 aliphatic heterocycles. The summed E-state index contributed by atoms with van der Waals surface area (Å²) in [6.45, 7) is 7.63. The van der Waals surface area contributed by atoms with Gasteiger partial charge >= 0.3 is 5.97 Å². The molecule has 3 aliphatic rings. The van der Waals surface area contributed by atoms with Crippen LogP contribution < -0.4 is 9.47 Å². The third-order valence-electron chi connectivity index (χ3n) is 5.99. The van der Waals surface area contributed by atoms with Crippen molar-refractivity contribution < 1.29 is 28.5 Å². The molecule has 0 spiro atoms. The number of amidine groups is 1. The fourth-order valence-electron chi connectivity index (χ4n) is 4.34. The molecule has 35 heavy (non-hydrogen) atoms. The average molecular weight is 502 g/mol. The standard InChI is InChI=1S/C25H31N3O6S/c1-15(2)34-24(30)22-16(3)26-25-28(23(22)19-13-18(31-4)6-7-20(19)32-5)17(14-35-25)12-21(29)27-8-10-33-11-9-27/h6-7,13-15,23H,8-12H2,1-5H3. The SMILES string of the molecule is COc1ccc(OC)c(C2C(C(=O)OC(C)C)=C(C)N=C3SC=C(CC(=O)N4CCOCC4)N32)c1. The lowest BCUT2D eigenvalue weighted by atomic mass is 9.92. The number of allylic oxidation sites excluding steroid dienone is 1. The fraction of sp³-hybridized carbons (Fsp3) is 0.480. The van der Waals surface area contributed by atoms with Crippen molar-refractivity contribution in [2.75, 3.05) is 40.5 Å². The van der Waals surface area contributed by atoms with E-state index in [4.69, 9.17) is 23.9 Å². The predicted octanol–water partition coefficient (Wildman–Crippen LogP) is 3.48. The summed E-state index contributed by atoms with van der Waals surface area (Å²) in [4.78, 5) is 35.0. The molecule has 0 bridgehead atoms. The number of fused-ring (bicyclic) bond motifs is 1. The number of aliphatic imine (C=N–C) groups is 1. The molecule has 1 amide bonds. The second-order valence-corrected chi connectivity index (χ2v) is 9.46. The van der Waals surface area contributed by atoms with Crippen LogP contribution in [-0.2, 0) is 19.1 Å². The van der Waals surface area contributed by atoms with E-state index in [-0.39, 0.29) is 18.4 Å². The van der Waals surface area contributed by atoms with E-state index in [1.54, 1.807) is 27.2 Å². The number of methoxy groups -OCH3 is 2. The number of benzene rings is 1. The number of thioether (sulfide) groups is 1. The third kappa shape index (κ3) is 5.18. The summed E-state index contributed by atoms with van der Waals surface area (Å²) in [5, 5.41) is 2.63. The average Bonchev–Trinajstić information content (AvgIpc) is 3.24. The maximum Gasteiger partial charge on any atom is 0.338 e. The summed E-state index contributed by atoms with van der Waals surface area (Å²) >= 11 is 1.44. The van der Waals surface area contributed by atoms with Gasteiger partial charge in [0.25, 0.3) is 0 Å². The normalized spacial score (nSPS) is 19.9. The van der Waals surface area contributed by atoms with E-state index >= 15 is 0 Å². The molecule has 0 radical (unpaired) electrons. The number of hydrogen-bond acceptors (Lipinski definition) is 9. The van der Waals surface area contributed by atoms with Crippen molar-refractivity contribution in [1.29, 1.82) is 0 Å². The van der Waals surface area contributed by atoms with Crippen molar-refractivity contribution in [1.82, 2.24) is 9.80 Å². The maximum absolute atomic E-state index is 13.4. The molecule has 4 rings (SSSR count). The van der Waals surface area contributed by atoms with Gasteiger partial charge in [0, 0.05) is 24.4 Å². The Morgan fingerprint density at radius 2 is 1.94 bits per heavy atom. The zero-order valence-corrected chi connectivity index (χ0v) is 21.5. The third-order valence-corrected chi connectivity index (χ3v) is 6.88. The highest BCUT2D eigenvalue weighted by Crippen LogP contribution is 2.47. The molecule has 0 aromatic heterocycles. The van der Waals surface area contributed by atoms with E-state index in [0.717, 1.165) is 11.3 Å². The first-order valence-electron chi connectivity index (χ1n) is 11.6. The van der Waals surface area contributed by atoms with Gasteiger partial charge in [-0.05, 0) is 44.4 Å². The van der Waals surface area contributed by atoms with Crippen molar-refractivity contribution >= 4 is 28.8 Å². The van der Waals surface area contributed by atoms with Crippen molar-refractivity contribution in [2.24, 2.45) is 4.99 Å². The summed E-state index contributed by atoms with van der Waals surface area (Å²) in [6.07, 6.45) is -0.118. The predicted molar refractivity (Wildman–Crippen MR) is 133 cm³/mol. The Labute approximate surface area is 209 Å². The highest BCUT2D eigenvalue weighted by Gasteiger charge is 2.43. The maximum atomic E-state index is 13.4. The molecule has 1 aromatic rings. The van der Waals surface area contributed by atoms with Crippen LogP contribution in [0.15, 0.2) is 45.6 Å². The molecule has 1 fully saturated rings. The molecular weight excluding hydrogens is 470 g/mol. The number of nitrogens with zero attached hydrogens (tertiary/aromatic N) is 3. The minimum Gasteiger partial charge on any atom is -0.497 e. The van der Waals surface area contributed by atoms with Gasteiger partial charge in [0.2, 0.25) is 5.91 Å². The Bertz CT molecular complexity index is 1090. The minimum absolute atomic E-state index is 0.00957. The first kappa shape index (κ1) is 25.1. The summed E-state index contributed by atoms with van der Waals surface area (Å²) < 4.78 is 22.2. The van der Waals surface area contributed by atoms with Gasteiger partial charge in [-0.2, -0.15) is 0 Å². The number of hydrogen-bond donors (Lipinski definition) is 0. The monoisotopic (exact) mass is 501 g/mol. The minimum atomic E-state index is -0.600. The second-order valence-electron chi connectivity index (χ2n) is 8.62. The Hall–Kier alpha value is -2.98. The molecule has 0 N–H and O–H groups in total. The number of carbonyl (C=O) groups is 2. The first-order chi connectivity index (χ1) is 16.8. The Balaban J connectivity index is 1.77. The van der Waals surface area contributed by atoms with E-state index in [1.165, 1.54) is 11.8 Å². The molecule has 3 heterocycles. The molecule has 1 aromatic carbocycles. The van der Waals surface area contributed by atoms with Gasteiger partial charge in [-0.15, -0.1) is 0 Å². The van der Waals surface area contributed by atoms with Gasteiger partial charge in [0.05, 0.1) is 57.3 Å². The number of rotatable bonds is 7. The van der Waals surface area contributed by atoms with Gasteiger partial charge in [-0.1, -0.05) is 11.8 Å². The number of esters is 1. The van der Waals surface area contributed by atoms with E-state index in [2.05, 4.69) is 0 Å². The summed E-state index contributed by atoms with van der Waals surface area (Å²) in [5.41, 5.74) is 2.46. The van der Waals surface area contributed by atoms with E-state index in [9.17, 15) is 9.59 Å². The van der Waals surface area contributed by atoms with E-state index in [0.29, 0.717) is 54.2 Å². The summed E-state index contributed by atoms with van der Waals surface area (Å²) in [6, 6.07) is 4.87. The Kier molecular flexibility index (Phi) is 7.71. The number of carbonyl (C=O) groups excluding carboxylic acids is 2. The molecule has 1 atom stereocenters. The van der Waals surface area contributed by atoms with Crippen LogP contribution in [0, 0.1) is 0 Å². The van der Waals surface area contributed by atoms with Crippen LogP contribution in [0.2, 0.25) is 0 Å². The van der Waals surface area contributed by atoms with Gasteiger partial charge < -0.3 is 28.7 Å². The van der Waals surface area contributed by atoms with Crippen LogP contribution in [0.3, 0.4) is 0 Å². The smallest absolute Gasteiger partial charge is 0.338 e. The van der Waals surface area contributed by atoms with E-state index in [1.807, 2.05) is 41.2 Å². The molecule has 1 saturated heterocycles. The quantitative estimate of drug-likeness (QED) is 0.525. The lowest BCUT2D eigenvalue weighted by Crippen LogP contribution is -2.42. The molecule has 0 aliphatic carbocycles. The van der Waals surface area contributed by atoms with Crippen LogP contribution in [0.5, 0.6) is 11.5 Å². The lowest BCUT2D eigenvalue weighted by Gasteiger charge is -2.37. The van der Waals surface area contributed by atoms with Crippen LogP contribution >= 0.6 is 11.8 Å². The van der Waals surface area contributed by atoms with Crippen molar-refractivity contribution in [3.8, 4) is 11.5 Å². The molecular formula is C25H31N3O6S. The lowest BCUT2D eigenvalue weighted by molar-refractivity contribution is -0.143. The van der Waals surface area contributed by atoms with Crippen molar-refractivity contribution in [3.63, 3.8) is 0 Å². The highest BCUT2D eigenvalue weighted by atomic mass is 32.2. The molecule has 10 heteroatoms. The number of ether oxygens (including phenoxy) is 4. The second kappa shape index (κ2) is 10.7. The molecule has 1 unspecified atom stereocenters. The van der Waals surface area contributed by atoms with Crippen LogP contribution in [0.1, 0.15) is 38.8 Å². The topological polar surface area (TPSA) is 89.9 Å². The highest BCUT2D eigenvalue weighted by molar-refractivity contribution is 8.16. The molecule has 0 saturated carbocycles. The van der Waals surface area contributed by atoms with E-state index < -0.39 is 12.0 Å². The van der Waals surface area contributed by atoms with Gasteiger partial charge in [-0.25, -0.2) is 9.79 Å². The molecule has 9 nitrogen and oxygen atoms in total. The van der Waals surface area contributed by atoms with Gasteiger partial charge in [0.1, 0.15) is 11.5 Å². The van der Waals surface area contributed by atoms with Crippen molar-refractivity contribution in [2.45, 2.75) is 39.3 Å². The number of morpholine rings is 1. The Morgan fingerprint density at radius 3 is 2.60 bits per heavy atom.